The van der Waals surface area contributed by atoms with Crippen LogP contribution in [0.2, 0.25) is 0 Å². The van der Waals surface area contributed by atoms with Crippen molar-refractivity contribution in [2.24, 2.45) is 11.8 Å². The monoisotopic (exact) mass is 359 g/mol. The van der Waals surface area contributed by atoms with Crippen LogP contribution in [0.25, 0.3) is 0 Å². The number of aliphatic hydroxyl groups excluding tert-OH is 1. The number of amides is 2. The van der Waals surface area contributed by atoms with Crippen LogP contribution in [-0.2, 0) is 4.79 Å². The average molecular weight is 359 g/mol. The number of aliphatic hydroxyl groups is 1. The van der Waals surface area contributed by atoms with Crippen LogP contribution in [0.4, 0.5) is 5.69 Å². The molecule has 4 atom stereocenters. The lowest BCUT2D eigenvalue weighted by molar-refractivity contribution is -0.116. The second-order valence-electron chi connectivity index (χ2n) is 8.10. The fourth-order valence-corrected chi connectivity index (χ4v) is 4.35. The van der Waals surface area contributed by atoms with Crippen LogP contribution < -0.4 is 10.6 Å². The number of anilines is 1. The molecule has 2 fully saturated rings. The Morgan fingerprint density at radius 1 is 1.15 bits per heavy atom. The van der Waals surface area contributed by atoms with Crippen LogP contribution >= 0.6 is 0 Å². The van der Waals surface area contributed by atoms with E-state index >= 15 is 0 Å². The Balaban J connectivity index is 1.61. The number of aryl methyl sites for hydroxylation is 1. The van der Waals surface area contributed by atoms with Gasteiger partial charge in [-0.05, 0) is 76.2 Å². The van der Waals surface area contributed by atoms with Gasteiger partial charge in [0.15, 0.2) is 0 Å². The van der Waals surface area contributed by atoms with Gasteiger partial charge in [0.2, 0.25) is 5.91 Å². The van der Waals surface area contributed by atoms with Crippen molar-refractivity contribution in [2.75, 3.05) is 26.0 Å². The largest absolute Gasteiger partial charge is 0.393 e. The Morgan fingerprint density at radius 3 is 2.42 bits per heavy atom. The third-order valence-corrected chi connectivity index (χ3v) is 5.56. The molecule has 2 saturated carbocycles. The summed E-state index contributed by atoms with van der Waals surface area (Å²) in [6.45, 7) is 2.21. The molecule has 0 saturated heterocycles. The van der Waals surface area contributed by atoms with E-state index in [9.17, 15) is 14.7 Å². The van der Waals surface area contributed by atoms with Crippen molar-refractivity contribution in [3.05, 3.63) is 29.3 Å². The molecule has 142 valence electrons. The maximum Gasteiger partial charge on any atom is 0.251 e. The third kappa shape index (κ3) is 4.43. The second-order valence-corrected chi connectivity index (χ2v) is 8.10. The Labute approximate surface area is 155 Å². The molecule has 26 heavy (non-hydrogen) atoms. The van der Waals surface area contributed by atoms with E-state index in [-0.39, 0.29) is 24.0 Å². The highest BCUT2D eigenvalue weighted by atomic mass is 16.3. The number of nitrogens with zero attached hydrogens (tertiary/aromatic N) is 1. The van der Waals surface area contributed by atoms with Crippen molar-refractivity contribution in [1.29, 1.82) is 0 Å². The van der Waals surface area contributed by atoms with Crippen LogP contribution in [0.5, 0.6) is 0 Å². The summed E-state index contributed by atoms with van der Waals surface area (Å²) in [7, 11) is 3.68. The fourth-order valence-electron chi connectivity index (χ4n) is 4.35. The standard InChI is InChI=1S/C20H29N3O3/c1-12-4-5-13(10-18(12)22-19(25)11-23(2)3)20(26)21-16-6-14-8-17(24)9-15(14)7-16/h4-5,10,14-17,24H,6-9,11H2,1-3H3,(H,21,26)(H,22,25)/t14-,15+,16?,17?. The van der Waals surface area contributed by atoms with Gasteiger partial charge in [-0.15, -0.1) is 0 Å². The third-order valence-electron chi connectivity index (χ3n) is 5.56. The lowest BCUT2D eigenvalue weighted by Crippen LogP contribution is -2.33. The number of rotatable bonds is 5. The quantitative estimate of drug-likeness (QED) is 0.748. The molecule has 0 spiro atoms. The smallest absolute Gasteiger partial charge is 0.251 e. The predicted molar refractivity (Wildman–Crippen MR) is 101 cm³/mol. The van der Waals surface area contributed by atoms with Crippen LogP contribution in [0.3, 0.4) is 0 Å². The van der Waals surface area contributed by atoms with E-state index in [4.69, 9.17) is 0 Å². The van der Waals surface area contributed by atoms with Crippen LogP contribution in [0, 0.1) is 18.8 Å². The molecule has 0 heterocycles. The number of carbonyl (C=O) groups excluding carboxylic acids is 2. The van der Waals surface area contributed by atoms with Gasteiger partial charge in [-0.1, -0.05) is 6.07 Å². The molecule has 0 bridgehead atoms. The Hall–Kier alpha value is -1.92. The van der Waals surface area contributed by atoms with Gasteiger partial charge in [0.05, 0.1) is 12.6 Å². The van der Waals surface area contributed by atoms with E-state index in [0.717, 1.165) is 31.2 Å². The summed E-state index contributed by atoms with van der Waals surface area (Å²) in [6.07, 6.45) is 3.47. The number of benzene rings is 1. The first kappa shape index (κ1) is 18.9. The normalized spacial score (nSPS) is 27.4. The first-order valence-electron chi connectivity index (χ1n) is 9.36. The number of carbonyl (C=O) groups is 2. The van der Waals surface area contributed by atoms with Crippen molar-refractivity contribution in [3.63, 3.8) is 0 Å². The molecule has 2 unspecified atom stereocenters. The Morgan fingerprint density at radius 2 is 1.81 bits per heavy atom. The molecule has 3 rings (SSSR count). The molecule has 0 radical (unpaired) electrons. The molecule has 2 aliphatic carbocycles. The van der Waals surface area contributed by atoms with Gasteiger partial charge in [0, 0.05) is 17.3 Å². The highest BCUT2D eigenvalue weighted by Crippen LogP contribution is 2.44. The molecule has 6 nitrogen and oxygen atoms in total. The summed E-state index contributed by atoms with van der Waals surface area (Å²) >= 11 is 0. The van der Waals surface area contributed by atoms with Gasteiger partial charge >= 0.3 is 0 Å². The average Bonchev–Trinajstić information content (AvgIpc) is 3.05. The highest BCUT2D eigenvalue weighted by molar-refractivity contribution is 5.98. The van der Waals surface area contributed by atoms with Crippen molar-refractivity contribution in [2.45, 2.75) is 44.8 Å². The zero-order valence-electron chi connectivity index (χ0n) is 15.8. The Bertz CT molecular complexity index is 675. The minimum Gasteiger partial charge on any atom is -0.393 e. The summed E-state index contributed by atoms with van der Waals surface area (Å²) in [6, 6.07) is 5.59. The Kier molecular flexibility index (Phi) is 5.63. The summed E-state index contributed by atoms with van der Waals surface area (Å²) < 4.78 is 0. The lowest BCUT2D eigenvalue weighted by atomic mass is 10.0. The number of fused-ring (bicyclic) bond motifs is 1. The number of nitrogens with one attached hydrogen (secondary N) is 2. The van der Waals surface area contributed by atoms with Gasteiger partial charge in [0.1, 0.15) is 0 Å². The summed E-state index contributed by atoms with van der Waals surface area (Å²) in [4.78, 5) is 26.4. The molecule has 6 heteroatoms. The molecule has 0 aromatic heterocycles. The maximum atomic E-state index is 12.6. The minimum atomic E-state index is -0.160. The SMILES string of the molecule is Cc1ccc(C(=O)NC2C[C@H]3CC(O)C[C@H]3C2)cc1NC(=O)CN(C)C. The zero-order chi connectivity index (χ0) is 18.8. The van der Waals surface area contributed by atoms with Crippen molar-refractivity contribution in [3.8, 4) is 0 Å². The van der Waals surface area contributed by atoms with E-state index in [1.165, 1.54) is 0 Å². The molecule has 1 aromatic carbocycles. The van der Waals surface area contributed by atoms with Crippen LogP contribution in [0.1, 0.15) is 41.6 Å². The summed E-state index contributed by atoms with van der Waals surface area (Å²) in [5.74, 6) is 0.875. The number of likely N-dealkylation sites (N-methyl/N-ethyl adjacent to an activating group) is 1. The number of hydrogen-bond acceptors (Lipinski definition) is 4. The molecule has 0 aliphatic heterocycles. The number of hydrogen-bond donors (Lipinski definition) is 3. The second kappa shape index (κ2) is 7.76. The van der Waals surface area contributed by atoms with Gasteiger partial charge in [0.25, 0.3) is 5.91 Å². The first-order chi connectivity index (χ1) is 12.3. The van der Waals surface area contributed by atoms with E-state index in [2.05, 4.69) is 10.6 Å². The van der Waals surface area contributed by atoms with Crippen molar-refractivity contribution < 1.29 is 14.7 Å². The summed E-state index contributed by atoms with van der Waals surface area (Å²) in [5.41, 5.74) is 2.17. The molecule has 2 amide bonds. The highest BCUT2D eigenvalue weighted by Gasteiger charge is 2.41. The first-order valence-corrected chi connectivity index (χ1v) is 9.36. The molecule has 1 aromatic rings. The fraction of sp³-hybridized carbons (Fsp3) is 0.600. The van der Waals surface area contributed by atoms with Crippen LogP contribution in [-0.4, -0.2) is 54.6 Å². The molecule has 3 N–H and O–H groups in total. The maximum absolute atomic E-state index is 12.6. The van der Waals surface area contributed by atoms with E-state index < -0.39 is 0 Å². The van der Waals surface area contributed by atoms with Crippen molar-refractivity contribution in [1.82, 2.24) is 10.2 Å². The molecular weight excluding hydrogens is 330 g/mol. The van der Waals surface area contributed by atoms with E-state index in [1.807, 2.05) is 27.1 Å². The van der Waals surface area contributed by atoms with Gasteiger partial charge in [-0.3, -0.25) is 9.59 Å². The predicted octanol–water partition coefficient (Wildman–Crippen LogP) is 1.77. The minimum absolute atomic E-state index is 0.0985. The molecular formula is C20H29N3O3. The van der Waals surface area contributed by atoms with Crippen LogP contribution in [0.15, 0.2) is 18.2 Å². The van der Waals surface area contributed by atoms with Crippen molar-refractivity contribution >= 4 is 17.5 Å². The van der Waals surface area contributed by atoms with E-state index in [0.29, 0.717) is 29.6 Å². The van der Waals surface area contributed by atoms with E-state index in [1.54, 1.807) is 17.0 Å². The zero-order valence-corrected chi connectivity index (χ0v) is 15.8. The lowest BCUT2D eigenvalue weighted by Gasteiger charge is -2.16. The topological polar surface area (TPSA) is 81.7 Å². The van der Waals surface area contributed by atoms with Gasteiger partial charge in [-0.2, -0.15) is 0 Å². The van der Waals surface area contributed by atoms with Gasteiger partial charge < -0.3 is 20.6 Å². The van der Waals surface area contributed by atoms with Gasteiger partial charge in [-0.25, -0.2) is 0 Å². The summed E-state index contributed by atoms with van der Waals surface area (Å²) in [5, 5.41) is 15.7. The molecule has 2 aliphatic rings.